The summed E-state index contributed by atoms with van der Waals surface area (Å²) in [7, 11) is 0. The van der Waals surface area contributed by atoms with Gasteiger partial charge < -0.3 is 16.3 Å². The van der Waals surface area contributed by atoms with Crippen LogP contribution in [0.1, 0.15) is 60.3 Å². The molecule has 0 bridgehead atoms. The molecular formula is C14H29N3O2. The quantitative estimate of drug-likeness (QED) is 0.274. The minimum Gasteiger partial charge on any atom is -0.409 e. The summed E-state index contributed by atoms with van der Waals surface area (Å²) >= 11 is 0. The molecule has 19 heavy (non-hydrogen) atoms. The van der Waals surface area contributed by atoms with Gasteiger partial charge in [0.25, 0.3) is 0 Å². The predicted molar refractivity (Wildman–Crippen MR) is 78.1 cm³/mol. The summed E-state index contributed by atoms with van der Waals surface area (Å²) in [5.74, 6) is 0.463. The van der Waals surface area contributed by atoms with Crippen molar-refractivity contribution < 1.29 is 10.0 Å². The highest BCUT2D eigenvalue weighted by Gasteiger charge is 2.36. The molecule has 112 valence electrons. The van der Waals surface area contributed by atoms with Crippen molar-refractivity contribution in [3.05, 3.63) is 0 Å². The summed E-state index contributed by atoms with van der Waals surface area (Å²) in [4.78, 5) is 12.2. The van der Waals surface area contributed by atoms with Gasteiger partial charge in [-0.3, -0.25) is 4.79 Å². The topological polar surface area (TPSA) is 87.7 Å². The summed E-state index contributed by atoms with van der Waals surface area (Å²) in [6.07, 6.45) is 3.68. The molecule has 0 aliphatic heterocycles. The average molecular weight is 271 g/mol. The molecule has 0 heterocycles. The maximum absolute atomic E-state index is 12.2. The number of oxime groups is 1. The molecule has 0 aromatic heterocycles. The zero-order chi connectivity index (χ0) is 15.1. The Bertz CT molecular complexity index is 316. The largest absolute Gasteiger partial charge is 0.409 e. The van der Waals surface area contributed by atoms with E-state index in [1.165, 1.54) is 0 Å². The number of amides is 1. The average Bonchev–Trinajstić information content (AvgIpc) is 2.35. The number of hydrogen-bond donors (Lipinski definition) is 3. The normalized spacial score (nSPS) is 17.1. The monoisotopic (exact) mass is 271 g/mol. The second-order valence-corrected chi connectivity index (χ2v) is 5.87. The molecular weight excluding hydrogens is 242 g/mol. The molecule has 0 aliphatic rings. The highest BCUT2D eigenvalue weighted by atomic mass is 16.4. The predicted octanol–water partition coefficient (Wildman–Crippen LogP) is 2.48. The molecule has 4 N–H and O–H groups in total. The summed E-state index contributed by atoms with van der Waals surface area (Å²) in [5.41, 5.74) is 4.67. The van der Waals surface area contributed by atoms with Gasteiger partial charge in [0, 0.05) is 6.04 Å². The molecule has 0 aromatic rings. The number of nitrogens with one attached hydrogen (secondary N) is 1. The molecule has 0 aliphatic carbocycles. The van der Waals surface area contributed by atoms with Gasteiger partial charge in [0.15, 0.2) is 5.84 Å². The van der Waals surface area contributed by atoms with Gasteiger partial charge in [0.05, 0.1) is 0 Å². The van der Waals surface area contributed by atoms with Crippen molar-refractivity contribution in [2.45, 2.75) is 66.3 Å². The van der Waals surface area contributed by atoms with E-state index in [2.05, 4.69) is 24.3 Å². The van der Waals surface area contributed by atoms with Gasteiger partial charge in [-0.15, -0.1) is 0 Å². The van der Waals surface area contributed by atoms with E-state index in [4.69, 9.17) is 10.9 Å². The zero-order valence-corrected chi connectivity index (χ0v) is 12.9. The molecule has 2 atom stereocenters. The fraction of sp³-hybridized carbons (Fsp3) is 0.857. The van der Waals surface area contributed by atoms with E-state index in [-0.39, 0.29) is 17.8 Å². The van der Waals surface area contributed by atoms with E-state index in [1.54, 1.807) is 6.92 Å². The zero-order valence-electron chi connectivity index (χ0n) is 12.9. The number of hydrogen-bond acceptors (Lipinski definition) is 3. The van der Waals surface area contributed by atoms with Crippen LogP contribution in [-0.2, 0) is 4.79 Å². The van der Waals surface area contributed by atoms with Crippen molar-refractivity contribution in [1.29, 1.82) is 0 Å². The number of rotatable bonds is 8. The number of nitrogens with two attached hydrogens (primary N) is 1. The number of nitrogens with zero attached hydrogens (tertiary/aromatic N) is 1. The first-order valence-corrected chi connectivity index (χ1v) is 7.06. The summed E-state index contributed by atoms with van der Waals surface area (Å²) in [6, 6.07) is 0.101. The summed E-state index contributed by atoms with van der Waals surface area (Å²) < 4.78 is 0. The van der Waals surface area contributed by atoms with E-state index in [0.29, 0.717) is 12.3 Å². The first-order valence-electron chi connectivity index (χ1n) is 7.06. The van der Waals surface area contributed by atoms with Crippen LogP contribution in [-0.4, -0.2) is 23.0 Å². The van der Waals surface area contributed by atoms with E-state index in [9.17, 15) is 4.79 Å². The van der Waals surface area contributed by atoms with Crippen LogP contribution in [0.4, 0.5) is 0 Å². The Kier molecular flexibility index (Phi) is 7.49. The lowest BCUT2D eigenvalue weighted by molar-refractivity contribution is -0.127. The van der Waals surface area contributed by atoms with Crippen molar-refractivity contribution in [2.24, 2.45) is 22.2 Å². The second kappa shape index (κ2) is 8.02. The maximum atomic E-state index is 12.2. The SMILES string of the molecule is CCC(C)(C(=O)NC(C)CCCC(C)C)C(N)=NO. The highest BCUT2D eigenvalue weighted by Crippen LogP contribution is 2.22. The Labute approximate surface area is 116 Å². The molecule has 0 saturated carbocycles. The molecule has 2 unspecified atom stereocenters. The van der Waals surface area contributed by atoms with E-state index in [0.717, 1.165) is 19.3 Å². The van der Waals surface area contributed by atoms with Crippen LogP contribution in [0.15, 0.2) is 5.16 Å². The maximum Gasteiger partial charge on any atom is 0.233 e. The van der Waals surface area contributed by atoms with E-state index >= 15 is 0 Å². The van der Waals surface area contributed by atoms with Crippen LogP contribution < -0.4 is 11.1 Å². The summed E-state index contributed by atoms with van der Waals surface area (Å²) in [5, 5.41) is 14.7. The van der Waals surface area contributed by atoms with Crippen LogP contribution in [0.3, 0.4) is 0 Å². The third-order valence-electron chi connectivity index (χ3n) is 3.68. The standard InChI is InChI=1S/C14H29N3O2/c1-6-14(5,12(15)17-19)13(18)16-11(4)9-7-8-10(2)3/h10-11,19H,6-9H2,1-5H3,(H2,15,17)(H,16,18). The Morgan fingerprint density at radius 3 is 2.37 bits per heavy atom. The van der Waals surface area contributed by atoms with Crippen molar-refractivity contribution >= 4 is 11.7 Å². The molecule has 0 saturated heterocycles. The van der Waals surface area contributed by atoms with Crippen molar-refractivity contribution in [3.63, 3.8) is 0 Å². The van der Waals surface area contributed by atoms with Gasteiger partial charge in [0.2, 0.25) is 5.91 Å². The number of carbonyl (C=O) groups excluding carboxylic acids is 1. The molecule has 5 nitrogen and oxygen atoms in total. The molecule has 0 spiro atoms. The highest BCUT2D eigenvalue weighted by molar-refractivity contribution is 6.06. The summed E-state index contributed by atoms with van der Waals surface area (Å²) in [6.45, 7) is 9.91. The smallest absolute Gasteiger partial charge is 0.233 e. The first kappa shape index (κ1) is 17.7. The van der Waals surface area contributed by atoms with Crippen LogP contribution in [0.5, 0.6) is 0 Å². The second-order valence-electron chi connectivity index (χ2n) is 5.87. The van der Waals surface area contributed by atoms with Gasteiger partial charge in [0.1, 0.15) is 5.41 Å². The van der Waals surface area contributed by atoms with Gasteiger partial charge >= 0.3 is 0 Å². The van der Waals surface area contributed by atoms with Gasteiger partial charge in [-0.1, -0.05) is 38.8 Å². The van der Waals surface area contributed by atoms with Crippen LogP contribution in [0.25, 0.3) is 0 Å². The Morgan fingerprint density at radius 2 is 1.95 bits per heavy atom. The van der Waals surface area contributed by atoms with Crippen molar-refractivity contribution in [2.75, 3.05) is 0 Å². The Morgan fingerprint density at radius 1 is 1.37 bits per heavy atom. The van der Waals surface area contributed by atoms with Crippen LogP contribution in [0, 0.1) is 11.3 Å². The Balaban J connectivity index is 4.42. The van der Waals surface area contributed by atoms with Crippen molar-refractivity contribution in [3.8, 4) is 0 Å². The van der Waals surface area contributed by atoms with E-state index < -0.39 is 5.41 Å². The third-order valence-corrected chi connectivity index (χ3v) is 3.68. The molecule has 0 radical (unpaired) electrons. The van der Waals surface area contributed by atoms with Gasteiger partial charge in [-0.25, -0.2) is 0 Å². The van der Waals surface area contributed by atoms with Gasteiger partial charge in [-0.05, 0) is 32.6 Å². The number of amidine groups is 1. The fourth-order valence-electron chi connectivity index (χ4n) is 1.86. The first-order chi connectivity index (χ1) is 8.77. The molecule has 0 rings (SSSR count). The third kappa shape index (κ3) is 5.49. The van der Waals surface area contributed by atoms with Crippen LogP contribution >= 0.6 is 0 Å². The molecule has 0 fully saturated rings. The van der Waals surface area contributed by atoms with Crippen molar-refractivity contribution in [1.82, 2.24) is 5.32 Å². The molecule has 0 aromatic carbocycles. The number of carbonyl (C=O) groups is 1. The molecule has 1 amide bonds. The lowest BCUT2D eigenvalue weighted by Gasteiger charge is -2.27. The lowest BCUT2D eigenvalue weighted by Crippen LogP contribution is -2.49. The Hall–Kier alpha value is -1.26. The minimum absolute atomic E-state index is 0.0399. The minimum atomic E-state index is -0.943. The molecule has 5 heteroatoms. The van der Waals surface area contributed by atoms with Crippen LogP contribution in [0.2, 0.25) is 0 Å². The van der Waals surface area contributed by atoms with Gasteiger partial charge in [-0.2, -0.15) is 0 Å². The lowest BCUT2D eigenvalue weighted by atomic mass is 9.85. The van der Waals surface area contributed by atoms with E-state index in [1.807, 2.05) is 13.8 Å². The fourth-order valence-corrected chi connectivity index (χ4v) is 1.86.